The maximum absolute atomic E-state index is 9.15. The van der Waals surface area contributed by atoms with Crippen molar-refractivity contribution < 1.29 is 5.11 Å². The quantitative estimate of drug-likeness (QED) is 0.616. The van der Waals surface area contributed by atoms with E-state index in [0.717, 1.165) is 19.0 Å². The van der Waals surface area contributed by atoms with E-state index in [1.807, 2.05) is 0 Å². The van der Waals surface area contributed by atoms with Gasteiger partial charge in [0.1, 0.15) is 0 Å². The van der Waals surface area contributed by atoms with Crippen molar-refractivity contribution in [3.63, 3.8) is 0 Å². The first-order valence-electron chi connectivity index (χ1n) is 6.20. The highest BCUT2D eigenvalue weighted by molar-refractivity contribution is 4.78. The first-order valence-corrected chi connectivity index (χ1v) is 6.20. The third-order valence-electron chi connectivity index (χ3n) is 3.41. The van der Waals surface area contributed by atoms with E-state index >= 15 is 0 Å². The zero-order chi connectivity index (χ0) is 10.2. The first kappa shape index (κ1) is 12.0. The minimum absolute atomic E-state index is 0.390. The van der Waals surface area contributed by atoms with Crippen LogP contribution in [0.4, 0.5) is 0 Å². The molecule has 1 rings (SSSR count). The van der Waals surface area contributed by atoms with Crippen molar-refractivity contribution in [1.82, 2.24) is 5.32 Å². The number of aliphatic hydroxyl groups excluding tert-OH is 1. The number of rotatable bonds is 7. The Kier molecular flexibility index (Phi) is 6.20. The van der Waals surface area contributed by atoms with E-state index < -0.39 is 0 Å². The summed E-state index contributed by atoms with van der Waals surface area (Å²) in [4.78, 5) is 0. The van der Waals surface area contributed by atoms with Gasteiger partial charge in [0.05, 0.1) is 0 Å². The molecule has 2 unspecified atom stereocenters. The van der Waals surface area contributed by atoms with Crippen LogP contribution in [0.2, 0.25) is 0 Å². The number of hydrogen-bond acceptors (Lipinski definition) is 2. The molecule has 2 nitrogen and oxygen atoms in total. The number of aliphatic hydroxyl groups is 1. The Balaban J connectivity index is 2.00. The topological polar surface area (TPSA) is 32.3 Å². The van der Waals surface area contributed by atoms with Crippen LogP contribution in [0.1, 0.15) is 45.4 Å². The van der Waals surface area contributed by atoms with E-state index in [1.165, 1.54) is 38.5 Å². The van der Waals surface area contributed by atoms with Crippen molar-refractivity contribution in [3.8, 4) is 0 Å². The van der Waals surface area contributed by atoms with Crippen molar-refractivity contribution >= 4 is 0 Å². The van der Waals surface area contributed by atoms with Gasteiger partial charge in [-0.05, 0) is 44.2 Å². The van der Waals surface area contributed by atoms with Crippen LogP contribution in [0.5, 0.6) is 0 Å². The molecule has 1 fully saturated rings. The normalized spacial score (nSPS) is 27.0. The zero-order valence-electron chi connectivity index (χ0n) is 9.47. The van der Waals surface area contributed by atoms with Gasteiger partial charge in [0, 0.05) is 6.61 Å². The highest BCUT2D eigenvalue weighted by Gasteiger charge is 2.25. The van der Waals surface area contributed by atoms with E-state index in [9.17, 15) is 0 Å². The Labute approximate surface area is 88.1 Å². The van der Waals surface area contributed by atoms with Crippen LogP contribution in [0.25, 0.3) is 0 Å². The summed E-state index contributed by atoms with van der Waals surface area (Å²) in [5.74, 6) is 1.32. The van der Waals surface area contributed by atoms with Crippen molar-refractivity contribution in [2.24, 2.45) is 11.8 Å². The minimum Gasteiger partial charge on any atom is -0.396 e. The molecule has 0 aromatic carbocycles. The van der Waals surface area contributed by atoms with Gasteiger partial charge in [-0.2, -0.15) is 0 Å². The van der Waals surface area contributed by atoms with Crippen molar-refractivity contribution in [1.29, 1.82) is 0 Å². The molecular formula is C12H25NO. The maximum Gasteiger partial charge on any atom is 0.0462 e. The van der Waals surface area contributed by atoms with Crippen LogP contribution in [-0.2, 0) is 0 Å². The SMILES string of the molecule is CCCCCNCC1CCCC1CO. The lowest BCUT2D eigenvalue weighted by molar-refractivity contribution is 0.192. The Hall–Kier alpha value is -0.0800. The van der Waals surface area contributed by atoms with Crippen molar-refractivity contribution in [2.75, 3.05) is 19.7 Å². The zero-order valence-corrected chi connectivity index (χ0v) is 9.47. The molecule has 1 aliphatic rings. The highest BCUT2D eigenvalue weighted by Crippen LogP contribution is 2.30. The van der Waals surface area contributed by atoms with E-state index in [0.29, 0.717) is 12.5 Å². The second-order valence-corrected chi connectivity index (χ2v) is 4.54. The molecule has 2 heteroatoms. The molecule has 0 amide bonds. The van der Waals surface area contributed by atoms with Gasteiger partial charge in [-0.25, -0.2) is 0 Å². The first-order chi connectivity index (χ1) is 6.88. The summed E-state index contributed by atoms with van der Waals surface area (Å²) in [6, 6.07) is 0. The summed E-state index contributed by atoms with van der Waals surface area (Å²) in [6.45, 7) is 4.90. The van der Waals surface area contributed by atoms with Gasteiger partial charge in [0.15, 0.2) is 0 Å². The second-order valence-electron chi connectivity index (χ2n) is 4.54. The fourth-order valence-corrected chi connectivity index (χ4v) is 2.41. The van der Waals surface area contributed by atoms with Gasteiger partial charge in [0.25, 0.3) is 0 Å². The molecular weight excluding hydrogens is 174 g/mol. The Morgan fingerprint density at radius 1 is 1.21 bits per heavy atom. The average molecular weight is 199 g/mol. The molecule has 1 aliphatic carbocycles. The molecule has 2 atom stereocenters. The van der Waals surface area contributed by atoms with Crippen LogP contribution >= 0.6 is 0 Å². The molecule has 1 saturated carbocycles. The van der Waals surface area contributed by atoms with Gasteiger partial charge in [-0.1, -0.05) is 26.2 Å². The standard InChI is InChI=1S/C12H25NO/c1-2-3-4-8-13-9-11-6-5-7-12(11)10-14/h11-14H,2-10H2,1H3. The molecule has 0 aromatic heterocycles. The average Bonchev–Trinajstić information content (AvgIpc) is 2.65. The van der Waals surface area contributed by atoms with Crippen LogP contribution in [0.3, 0.4) is 0 Å². The summed E-state index contributed by atoms with van der Waals surface area (Å²) in [6.07, 6.45) is 7.79. The molecule has 0 radical (unpaired) electrons. The Morgan fingerprint density at radius 2 is 2.00 bits per heavy atom. The molecule has 0 spiro atoms. The largest absolute Gasteiger partial charge is 0.396 e. The van der Waals surface area contributed by atoms with Gasteiger partial charge >= 0.3 is 0 Å². The maximum atomic E-state index is 9.15. The number of unbranched alkanes of at least 4 members (excludes halogenated alkanes) is 2. The minimum atomic E-state index is 0.390. The van der Waals surface area contributed by atoms with Gasteiger partial charge < -0.3 is 10.4 Å². The Bertz CT molecular complexity index is 138. The highest BCUT2D eigenvalue weighted by atomic mass is 16.3. The summed E-state index contributed by atoms with van der Waals surface area (Å²) < 4.78 is 0. The van der Waals surface area contributed by atoms with E-state index in [2.05, 4.69) is 12.2 Å². The third kappa shape index (κ3) is 3.97. The summed E-state index contributed by atoms with van der Waals surface area (Å²) >= 11 is 0. The molecule has 0 bridgehead atoms. The van der Waals surface area contributed by atoms with Crippen LogP contribution in [0, 0.1) is 11.8 Å². The molecule has 0 heterocycles. The van der Waals surface area contributed by atoms with Crippen molar-refractivity contribution in [3.05, 3.63) is 0 Å². The van der Waals surface area contributed by atoms with Crippen LogP contribution < -0.4 is 5.32 Å². The summed E-state index contributed by atoms with van der Waals surface area (Å²) in [5.41, 5.74) is 0. The number of hydrogen-bond donors (Lipinski definition) is 2. The molecule has 14 heavy (non-hydrogen) atoms. The van der Waals surface area contributed by atoms with Crippen molar-refractivity contribution in [2.45, 2.75) is 45.4 Å². The van der Waals surface area contributed by atoms with E-state index in [1.54, 1.807) is 0 Å². The molecule has 0 saturated heterocycles. The van der Waals surface area contributed by atoms with E-state index in [-0.39, 0.29) is 0 Å². The van der Waals surface area contributed by atoms with Gasteiger partial charge in [-0.3, -0.25) is 0 Å². The predicted octanol–water partition coefficient (Wildman–Crippen LogP) is 2.17. The van der Waals surface area contributed by atoms with Crippen LogP contribution in [-0.4, -0.2) is 24.8 Å². The summed E-state index contributed by atoms with van der Waals surface area (Å²) in [5, 5.41) is 12.7. The molecule has 2 N–H and O–H groups in total. The Morgan fingerprint density at radius 3 is 2.71 bits per heavy atom. The lowest BCUT2D eigenvalue weighted by Crippen LogP contribution is -2.27. The van der Waals surface area contributed by atoms with Gasteiger partial charge in [0.2, 0.25) is 0 Å². The van der Waals surface area contributed by atoms with Gasteiger partial charge in [-0.15, -0.1) is 0 Å². The van der Waals surface area contributed by atoms with Crippen LogP contribution in [0.15, 0.2) is 0 Å². The second kappa shape index (κ2) is 7.24. The fraction of sp³-hybridized carbons (Fsp3) is 1.00. The smallest absolute Gasteiger partial charge is 0.0462 e. The molecule has 84 valence electrons. The predicted molar refractivity (Wildman–Crippen MR) is 60.3 cm³/mol. The molecule has 0 aromatic rings. The number of nitrogens with one attached hydrogen (secondary N) is 1. The lowest BCUT2D eigenvalue weighted by atomic mass is 9.97. The molecule has 0 aliphatic heterocycles. The lowest BCUT2D eigenvalue weighted by Gasteiger charge is -2.17. The summed E-state index contributed by atoms with van der Waals surface area (Å²) in [7, 11) is 0. The third-order valence-corrected chi connectivity index (χ3v) is 3.41. The monoisotopic (exact) mass is 199 g/mol. The van der Waals surface area contributed by atoms with E-state index in [4.69, 9.17) is 5.11 Å². The fourth-order valence-electron chi connectivity index (χ4n) is 2.41.